The molecule has 6 unspecified atom stereocenters. The number of aromatic carboxylic acids is 1. The van der Waals surface area contributed by atoms with Crippen LogP contribution in [-0.2, 0) is 36.3 Å². The highest BCUT2D eigenvalue weighted by Crippen LogP contribution is 2.63. The van der Waals surface area contributed by atoms with E-state index in [2.05, 4.69) is 15.4 Å². The third kappa shape index (κ3) is 10.2. The number of rotatable bonds is 12. The number of amides is 2. The molecule has 5 N–H and O–H groups in total. The Hall–Kier alpha value is -5.11. The summed E-state index contributed by atoms with van der Waals surface area (Å²) in [4.78, 5) is 74.0. The number of thioether (sulfide) groups is 1. The molecule has 12 nitrogen and oxygen atoms in total. The highest BCUT2D eigenvalue weighted by Gasteiger charge is 2.70. The van der Waals surface area contributed by atoms with Crippen LogP contribution < -0.4 is 10.6 Å². The molecule has 20 heteroatoms. The van der Waals surface area contributed by atoms with Crippen molar-refractivity contribution in [1.29, 1.82) is 0 Å². The van der Waals surface area contributed by atoms with Gasteiger partial charge in [-0.05, 0) is 73.1 Å². The van der Waals surface area contributed by atoms with Crippen molar-refractivity contribution in [3.8, 4) is 0 Å². The molecule has 0 saturated carbocycles. The van der Waals surface area contributed by atoms with E-state index < -0.39 is 97.9 Å². The van der Waals surface area contributed by atoms with Crippen molar-refractivity contribution in [1.82, 2.24) is 5.32 Å². The van der Waals surface area contributed by atoms with Crippen molar-refractivity contribution in [2.75, 3.05) is 12.4 Å². The van der Waals surface area contributed by atoms with E-state index in [4.69, 9.17) is 0 Å². The van der Waals surface area contributed by atoms with Crippen molar-refractivity contribution in [2.24, 2.45) is 16.7 Å². The average molecular weight is 919 g/mol. The second kappa shape index (κ2) is 19.1. The quantitative estimate of drug-likeness (QED) is 0.0857. The van der Waals surface area contributed by atoms with Crippen molar-refractivity contribution >= 4 is 63.8 Å². The summed E-state index contributed by atoms with van der Waals surface area (Å²) in [5, 5.41) is 33.7. The van der Waals surface area contributed by atoms with E-state index in [1.165, 1.54) is 38.1 Å². The Balaban J connectivity index is 0.000000333. The molecule has 1 aliphatic rings. The SMILES string of the molecule is CCC(C(=O)NC1SC(C(=O)O)(C(C)(C)C)C(C)C1(C)C(=O)O)c1ccc(C(F)(F)F)cc1.CCC(C(=O)Nc1sc(C(=O)O)c(C)c1C(=O)OC)c1ccc(C(F)(F)F)cc1. The first-order chi connectivity index (χ1) is 28.4. The van der Waals surface area contributed by atoms with E-state index in [0.29, 0.717) is 22.5 Å². The summed E-state index contributed by atoms with van der Waals surface area (Å²) in [7, 11) is 1.13. The van der Waals surface area contributed by atoms with Gasteiger partial charge in [-0.25, -0.2) is 9.59 Å². The van der Waals surface area contributed by atoms with E-state index in [1.807, 2.05) is 0 Å². The van der Waals surface area contributed by atoms with E-state index >= 15 is 0 Å². The second-order valence-electron chi connectivity index (χ2n) is 15.8. The molecule has 0 radical (unpaired) electrons. The van der Waals surface area contributed by atoms with Gasteiger partial charge in [-0.2, -0.15) is 26.3 Å². The minimum Gasteiger partial charge on any atom is -0.481 e. The van der Waals surface area contributed by atoms with Gasteiger partial charge in [0.2, 0.25) is 11.8 Å². The number of hydrogen-bond acceptors (Lipinski definition) is 9. The number of thiophene rings is 1. The summed E-state index contributed by atoms with van der Waals surface area (Å²) in [5.74, 6) is -8.05. The number of benzene rings is 2. The van der Waals surface area contributed by atoms with Crippen LogP contribution in [0.2, 0.25) is 0 Å². The molecule has 0 aliphatic carbocycles. The third-order valence-electron chi connectivity index (χ3n) is 11.2. The molecule has 340 valence electrons. The number of aliphatic carboxylic acids is 2. The number of carboxylic acids is 3. The maximum absolute atomic E-state index is 13.2. The molecule has 0 spiro atoms. The molecule has 0 bridgehead atoms. The Morgan fingerprint density at radius 3 is 1.55 bits per heavy atom. The number of carbonyl (C=O) groups excluding carboxylic acids is 3. The van der Waals surface area contributed by atoms with Crippen LogP contribution in [0.5, 0.6) is 0 Å². The van der Waals surface area contributed by atoms with Gasteiger partial charge >= 0.3 is 36.2 Å². The Kier molecular flexibility index (Phi) is 15.8. The molecule has 2 aromatic carbocycles. The van der Waals surface area contributed by atoms with E-state index in [0.717, 1.165) is 43.1 Å². The number of carbonyl (C=O) groups is 6. The van der Waals surface area contributed by atoms with Gasteiger partial charge in [0.25, 0.3) is 0 Å². The van der Waals surface area contributed by atoms with Gasteiger partial charge < -0.3 is 30.7 Å². The lowest BCUT2D eigenvalue weighted by Crippen LogP contribution is -2.54. The van der Waals surface area contributed by atoms with E-state index in [9.17, 15) is 70.4 Å². The molecule has 62 heavy (non-hydrogen) atoms. The number of carboxylic acid groups (broad SMARTS) is 3. The number of halogens is 6. The van der Waals surface area contributed by atoms with E-state index in [-0.39, 0.29) is 33.8 Å². The number of esters is 1. The molecule has 2 amide bonds. The first-order valence-electron chi connectivity index (χ1n) is 19.0. The predicted octanol–water partition coefficient (Wildman–Crippen LogP) is 9.68. The summed E-state index contributed by atoms with van der Waals surface area (Å²) in [6.45, 7) is 12.9. The van der Waals surface area contributed by atoms with Gasteiger partial charge in [-0.1, -0.05) is 65.8 Å². The van der Waals surface area contributed by atoms with Crippen LogP contribution in [0.3, 0.4) is 0 Å². The lowest BCUT2D eigenvalue weighted by Gasteiger charge is -2.42. The lowest BCUT2D eigenvalue weighted by molar-refractivity contribution is -0.156. The normalized spacial score (nSPS) is 21.1. The topological polar surface area (TPSA) is 196 Å². The maximum atomic E-state index is 13.2. The largest absolute Gasteiger partial charge is 0.481 e. The van der Waals surface area contributed by atoms with Crippen molar-refractivity contribution in [2.45, 2.75) is 103 Å². The number of nitrogens with one attached hydrogen (secondary N) is 2. The monoisotopic (exact) mass is 918 g/mol. The van der Waals surface area contributed by atoms with Gasteiger partial charge in [0.05, 0.1) is 46.4 Å². The second-order valence-corrected chi connectivity index (χ2v) is 18.2. The number of methoxy groups -OCH3 is 1. The fraction of sp³-hybridized carbons (Fsp3) is 0.476. The Labute approximate surface area is 361 Å². The van der Waals surface area contributed by atoms with Gasteiger partial charge in [0.15, 0.2) is 0 Å². The zero-order chi connectivity index (χ0) is 47.5. The number of alkyl halides is 6. The first-order valence-corrected chi connectivity index (χ1v) is 20.7. The van der Waals surface area contributed by atoms with Gasteiger partial charge in [-0.3, -0.25) is 19.2 Å². The van der Waals surface area contributed by atoms with Crippen LogP contribution >= 0.6 is 23.1 Å². The molecule has 2 heterocycles. The minimum absolute atomic E-state index is 0.0158. The maximum Gasteiger partial charge on any atom is 0.416 e. The summed E-state index contributed by atoms with van der Waals surface area (Å²) in [5.41, 5.74) is -3.28. The van der Waals surface area contributed by atoms with Crippen molar-refractivity contribution in [3.63, 3.8) is 0 Å². The van der Waals surface area contributed by atoms with Gasteiger partial charge in [-0.15, -0.1) is 23.1 Å². The third-order valence-corrected chi connectivity index (χ3v) is 14.8. The molecule has 6 atom stereocenters. The highest BCUT2D eigenvalue weighted by atomic mass is 32.2. The summed E-state index contributed by atoms with van der Waals surface area (Å²) in [6, 6.07) is 8.48. The molecule has 1 saturated heterocycles. The predicted molar refractivity (Wildman–Crippen MR) is 219 cm³/mol. The standard InChI is InChI=1S/C23H30F3NO5S.C19H18F3NO5S/c1-7-15(13-8-10-14(11-9-13)23(24,25)26)16(28)27-17-21(6,18(29)30)12(2)22(33-17,19(31)32)20(3,4)5;1-4-12(10-5-7-11(8-6-10)19(20,21)22)15(24)23-16-13(18(27)28-3)9(2)14(29-16)17(25)26/h8-12,15,17H,7H2,1-6H3,(H,27,28)(H,29,30)(H,31,32);5-8,12H,4H2,1-3H3,(H,23,24)(H,25,26). The van der Waals surface area contributed by atoms with Crippen molar-refractivity contribution in [3.05, 3.63) is 86.8 Å². The van der Waals surface area contributed by atoms with Crippen LogP contribution in [-0.4, -0.2) is 68.2 Å². The van der Waals surface area contributed by atoms with Gasteiger partial charge in [0, 0.05) is 5.92 Å². The molecule has 1 aliphatic heterocycles. The van der Waals surface area contributed by atoms with Crippen LogP contribution in [0.15, 0.2) is 48.5 Å². The fourth-order valence-electron chi connectivity index (χ4n) is 7.46. The minimum atomic E-state index is -4.50. The lowest BCUT2D eigenvalue weighted by atomic mass is 9.63. The first kappa shape index (κ1) is 51.2. The Morgan fingerprint density at radius 2 is 1.21 bits per heavy atom. The zero-order valence-corrected chi connectivity index (χ0v) is 36.8. The molecule has 4 rings (SSSR count). The van der Waals surface area contributed by atoms with Crippen LogP contribution in [0.4, 0.5) is 31.3 Å². The fourth-order valence-corrected chi connectivity index (χ4v) is 10.5. The molecule has 1 aromatic heterocycles. The average Bonchev–Trinajstić information content (AvgIpc) is 3.62. The Bertz CT molecular complexity index is 2170. The Morgan fingerprint density at radius 1 is 0.774 bits per heavy atom. The molecule has 3 aromatic rings. The van der Waals surface area contributed by atoms with Crippen LogP contribution in [0.25, 0.3) is 0 Å². The molecule has 1 fully saturated rings. The number of hydrogen-bond donors (Lipinski definition) is 5. The van der Waals surface area contributed by atoms with Crippen LogP contribution in [0.1, 0.15) is 121 Å². The summed E-state index contributed by atoms with van der Waals surface area (Å²) < 4.78 is 80.0. The van der Waals surface area contributed by atoms with Gasteiger partial charge in [0.1, 0.15) is 14.6 Å². The highest BCUT2D eigenvalue weighted by molar-refractivity contribution is 8.02. The zero-order valence-electron chi connectivity index (χ0n) is 35.1. The molecular formula is C42H48F6N2O10S2. The summed E-state index contributed by atoms with van der Waals surface area (Å²) in [6.07, 6.45) is -8.45. The smallest absolute Gasteiger partial charge is 0.416 e. The number of ether oxygens (including phenoxy) is 1. The van der Waals surface area contributed by atoms with Crippen molar-refractivity contribution < 1.29 is 75.2 Å². The van der Waals surface area contributed by atoms with Crippen LogP contribution in [0, 0.1) is 23.7 Å². The molecular weight excluding hydrogens is 871 g/mol. The number of anilines is 1. The summed E-state index contributed by atoms with van der Waals surface area (Å²) >= 11 is 1.63. The van der Waals surface area contributed by atoms with E-state index in [1.54, 1.807) is 41.5 Å².